The molecule has 0 aliphatic heterocycles. The Labute approximate surface area is 88.5 Å². The van der Waals surface area contributed by atoms with E-state index >= 15 is 0 Å². The van der Waals surface area contributed by atoms with Crippen LogP contribution in [0.3, 0.4) is 0 Å². The highest BCUT2D eigenvalue weighted by Gasteiger charge is 1.90. The first-order chi connectivity index (χ1) is 6.83. The van der Waals surface area contributed by atoms with Crippen LogP contribution in [0.15, 0.2) is 24.3 Å². The Hall–Kier alpha value is -1.20. The van der Waals surface area contributed by atoms with Crippen molar-refractivity contribution in [2.45, 2.75) is 6.42 Å². The molecular formula is C8H9ClN2O4. The van der Waals surface area contributed by atoms with Gasteiger partial charge < -0.3 is 5.73 Å². The van der Waals surface area contributed by atoms with Gasteiger partial charge in [0.05, 0.1) is 12.5 Å². The lowest BCUT2D eigenvalue weighted by Crippen LogP contribution is -2.68. The summed E-state index contributed by atoms with van der Waals surface area (Å²) in [5, 5.41) is 8.32. The molecular weight excluding hydrogens is 224 g/mol. The summed E-state index contributed by atoms with van der Waals surface area (Å²) in [6.45, 7) is 0. The monoisotopic (exact) mass is 232 g/mol. The number of halogens is 1. The first-order valence-corrected chi connectivity index (χ1v) is 4.96. The lowest BCUT2D eigenvalue weighted by atomic mass is 10.1. The number of nitriles is 1. The molecule has 0 spiro atoms. The molecule has 0 fully saturated rings. The standard InChI is InChI=1S/C8H8N2.ClHO4/c9-6-5-7-1-3-8(10)4-2-7;2-1(3,4)5/h1-4H,5,10H2;(H,2,3,4,5). The van der Waals surface area contributed by atoms with E-state index in [1.165, 1.54) is 0 Å². The van der Waals surface area contributed by atoms with E-state index in [0.717, 1.165) is 11.3 Å². The van der Waals surface area contributed by atoms with Gasteiger partial charge in [-0.05, 0) is 17.7 Å². The SMILES string of the molecule is N#CCc1ccc([NH3+])cc1.[O-][Cl+3]([O-])([O-])[O-]. The zero-order chi connectivity index (χ0) is 11.9. The van der Waals surface area contributed by atoms with Crippen LogP contribution < -0.4 is 24.4 Å². The quantitative estimate of drug-likeness (QED) is 0.523. The zero-order valence-electron chi connectivity index (χ0n) is 7.68. The van der Waals surface area contributed by atoms with Gasteiger partial charge in [0.1, 0.15) is 5.69 Å². The molecule has 1 aromatic carbocycles. The predicted octanol–water partition coefficient (Wildman–Crippen LogP) is -4.13. The molecule has 0 saturated heterocycles. The molecule has 0 aromatic heterocycles. The average Bonchev–Trinajstić information content (AvgIpc) is 2.06. The van der Waals surface area contributed by atoms with Gasteiger partial charge in [-0.2, -0.15) is 5.26 Å². The van der Waals surface area contributed by atoms with Gasteiger partial charge in [0.2, 0.25) is 0 Å². The summed E-state index contributed by atoms with van der Waals surface area (Å²) in [6, 6.07) is 9.75. The van der Waals surface area contributed by atoms with Crippen LogP contribution in [0.1, 0.15) is 5.56 Å². The maximum Gasteiger partial charge on any atom is 0.127 e. The summed E-state index contributed by atoms with van der Waals surface area (Å²) < 4.78 is 34.0. The molecule has 0 atom stereocenters. The number of quaternary nitrogens is 1. The smallest absolute Gasteiger partial charge is 0.127 e. The van der Waals surface area contributed by atoms with E-state index < -0.39 is 10.2 Å². The van der Waals surface area contributed by atoms with Crippen LogP contribution in [-0.4, -0.2) is 0 Å². The first-order valence-electron chi connectivity index (χ1n) is 3.72. The second kappa shape index (κ2) is 6.31. The molecule has 0 aliphatic rings. The minimum absolute atomic E-state index is 0.486. The third kappa shape index (κ3) is 10.7. The average molecular weight is 233 g/mol. The summed E-state index contributed by atoms with van der Waals surface area (Å²) in [4.78, 5) is 0. The first kappa shape index (κ1) is 13.8. The van der Waals surface area contributed by atoms with Crippen LogP contribution in [0.5, 0.6) is 0 Å². The molecule has 0 amide bonds. The van der Waals surface area contributed by atoms with E-state index in [2.05, 4.69) is 11.8 Å². The van der Waals surface area contributed by atoms with Crippen LogP contribution >= 0.6 is 0 Å². The molecule has 3 N–H and O–H groups in total. The van der Waals surface area contributed by atoms with E-state index in [4.69, 9.17) is 23.9 Å². The maximum absolute atomic E-state index is 8.49. The topological polar surface area (TPSA) is 144 Å². The number of nitrogens with zero attached hydrogens (tertiary/aromatic N) is 1. The molecule has 7 heteroatoms. The Morgan fingerprint density at radius 1 is 1.13 bits per heavy atom. The minimum atomic E-state index is -4.94. The van der Waals surface area contributed by atoms with Crippen molar-refractivity contribution < 1.29 is 34.6 Å². The summed E-state index contributed by atoms with van der Waals surface area (Å²) in [6.07, 6.45) is 0.486. The normalized spacial score (nSPS) is 9.87. The second-order valence-electron chi connectivity index (χ2n) is 2.53. The molecule has 15 heavy (non-hydrogen) atoms. The largest absolute Gasteiger partial charge is 0.325 e. The van der Waals surface area contributed by atoms with Crippen molar-refractivity contribution in [3.63, 3.8) is 0 Å². The van der Waals surface area contributed by atoms with E-state index in [0.29, 0.717) is 6.42 Å². The highest BCUT2D eigenvalue weighted by Crippen LogP contribution is 2.03. The van der Waals surface area contributed by atoms with E-state index in [1.807, 2.05) is 24.3 Å². The third-order valence-corrected chi connectivity index (χ3v) is 1.31. The van der Waals surface area contributed by atoms with Crippen molar-refractivity contribution in [1.29, 1.82) is 5.26 Å². The fourth-order valence-corrected chi connectivity index (χ4v) is 0.748. The second-order valence-corrected chi connectivity index (χ2v) is 3.29. The van der Waals surface area contributed by atoms with Gasteiger partial charge in [0.25, 0.3) is 0 Å². The highest BCUT2D eigenvalue weighted by molar-refractivity contribution is 5.32. The Balaban J connectivity index is 0.000000336. The molecule has 1 rings (SSSR count). The van der Waals surface area contributed by atoms with Crippen molar-refractivity contribution >= 4 is 5.69 Å². The molecule has 0 unspecified atom stereocenters. The van der Waals surface area contributed by atoms with E-state index in [9.17, 15) is 0 Å². The van der Waals surface area contributed by atoms with Crippen LogP contribution in [0.2, 0.25) is 0 Å². The molecule has 0 aliphatic carbocycles. The van der Waals surface area contributed by atoms with Crippen LogP contribution in [-0.2, 0) is 6.42 Å². The zero-order valence-corrected chi connectivity index (χ0v) is 8.44. The van der Waals surface area contributed by atoms with Gasteiger partial charge in [0.15, 0.2) is 0 Å². The van der Waals surface area contributed by atoms with Crippen molar-refractivity contribution in [2.24, 2.45) is 0 Å². The molecule has 0 radical (unpaired) electrons. The highest BCUT2D eigenvalue weighted by atomic mass is 35.7. The number of hydrogen-bond donors (Lipinski definition) is 1. The summed E-state index contributed by atoms with van der Waals surface area (Å²) in [5.74, 6) is 0. The Bertz CT molecular complexity index is 322. The minimum Gasteiger partial charge on any atom is -0.325 e. The Kier molecular flexibility index (Phi) is 5.81. The molecule has 1 aromatic rings. The predicted molar refractivity (Wildman–Crippen MR) is 38.3 cm³/mol. The number of rotatable bonds is 1. The Morgan fingerprint density at radius 3 is 1.87 bits per heavy atom. The third-order valence-electron chi connectivity index (χ3n) is 1.31. The molecule has 0 heterocycles. The fraction of sp³-hybridized carbons (Fsp3) is 0.125. The van der Waals surface area contributed by atoms with Gasteiger partial charge >= 0.3 is 0 Å². The fourth-order valence-electron chi connectivity index (χ4n) is 0.748. The van der Waals surface area contributed by atoms with Gasteiger partial charge in [-0.3, -0.25) is 0 Å². The van der Waals surface area contributed by atoms with E-state index in [-0.39, 0.29) is 0 Å². The number of benzene rings is 1. The molecule has 0 saturated carbocycles. The van der Waals surface area contributed by atoms with Gasteiger partial charge in [-0.15, -0.1) is 10.2 Å². The van der Waals surface area contributed by atoms with Crippen molar-refractivity contribution in [2.75, 3.05) is 0 Å². The summed E-state index contributed by atoms with van der Waals surface area (Å²) in [5.41, 5.74) is 5.78. The lowest BCUT2D eigenvalue weighted by Gasteiger charge is -2.17. The van der Waals surface area contributed by atoms with Crippen molar-refractivity contribution in [1.82, 2.24) is 0 Å². The van der Waals surface area contributed by atoms with Crippen LogP contribution in [0, 0.1) is 21.6 Å². The van der Waals surface area contributed by atoms with Crippen molar-refractivity contribution in [3.8, 4) is 6.07 Å². The van der Waals surface area contributed by atoms with Crippen LogP contribution in [0.4, 0.5) is 5.69 Å². The van der Waals surface area contributed by atoms with Crippen molar-refractivity contribution in [3.05, 3.63) is 29.8 Å². The maximum atomic E-state index is 8.49. The lowest BCUT2D eigenvalue weighted by molar-refractivity contribution is -2.00. The Morgan fingerprint density at radius 2 is 1.53 bits per heavy atom. The summed E-state index contributed by atoms with van der Waals surface area (Å²) >= 11 is 0. The summed E-state index contributed by atoms with van der Waals surface area (Å²) in [7, 11) is -4.94. The van der Waals surface area contributed by atoms with Gasteiger partial charge in [-0.25, -0.2) is 18.6 Å². The van der Waals surface area contributed by atoms with E-state index in [1.54, 1.807) is 0 Å². The number of hydrogen-bond acceptors (Lipinski definition) is 5. The van der Waals surface area contributed by atoms with Gasteiger partial charge in [0, 0.05) is 0 Å². The molecule has 6 nitrogen and oxygen atoms in total. The molecule has 82 valence electrons. The molecule has 0 bridgehead atoms. The van der Waals surface area contributed by atoms with Crippen LogP contribution in [0.25, 0.3) is 0 Å². The van der Waals surface area contributed by atoms with Gasteiger partial charge in [-0.1, -0.05) is 12.1 Å².